The predicted octanol–water partition coefficient (Wildman–Crippen LogP) is 2.77. The summed E-state index contributed by atoms with van der Waals surface area (Å²) in [4.78, 5) is 15.8. The van der Waals surface area contributed by atoms with E-state index in [1.807, 2.05) is 30.3 Å². The van der Waals surface area contributed by atoms with Crippen molar-refractivity contribution in [2.75, 3.05) is 13.7 Å². The minimum absolute atomic E-state index is 0.0205. The Balaban J connectivity index is 1.89. The molecule has 0 aliphatic carbocycles. The molecule has 1 heterocycles. The van der Waals surface area contributed by atoms with Crippen molar-refractivity contribution in [3.63, 3.8) is 0 Å². The molecule has 5 nitrogen and oxygen atoms in total. The molecule has 5 heteroatoms. The highest BCUT2D eigenvalue weighted by molar-refractivity contribution is 5.76. The van der Waals surface area contributed by atoms with Crippen LogP contribution < -0.4 is 10.1 Å². The van der Waals surface area contributed by atoms with Crippen molar-refractivity contribution in [2.24, 2.45) is 0 Å². The maximum Gasteiger partial charge on any atom is 0.216 e. The van der Waals surface area contributed by atoms with E-state index < -0.39 is 0 Å². The van der Waals surface area contributed by atoms with E-state index in [-0.39, 0.29) is 5.91 Å². The van der Waals surface area contributed by atoms with Crippen LogP contribution in [0.2, 0.25) is 0 Å². The first kappa shape index (κ1) is 16.1. The maximum absolute atomic E-state index is 11.1. The molecule has 0 saturated carbocycles. The van der Waals surface area contributed by atoms with Crippen molar-refractivity contribution < 1.29 is 9.53 Å². The van der Waals surface area contributed by atoms with E-state index >= 15 is 0 Å². The van der Waals surface area contributed by atoms with E-state index in [0.717, 1.165) is 29.2 Å². The highest BCUT2D eigenvalue weighted by atomic mass is 16.5. The summed E-state index contributed by atoms with van der Waals surface area (Å²) in [6.45, 7) is 2.85. The van der Waals surface area contributed by atoms with E-state index in [1.54, 1.807) is 7.11 Å². The fourth-order valence-corrected chi connectivity index (χ4v) is 2.76. The highest BCUT2D eigenvalue weighted by Gasteiger charge is 2.11. The second-order valence-electron chi connectivity index (χ2n) is 5.68. The first-order valence-corrected chi connectivity index (χ1v) is 7.99. The summed E-state index contributed by atoms with van der Waals surface area (Å²) >= 11 is 0. The van der Waals surface area contributed by atoms with Crippen LogP contribution in [-0.4, -0.2) is 29.1 Å². The Morgan fingerprint density at radius 3 is 2.62 bits per heavy atom. The number of nitrogens with one attached hydrogen (secondary N) is 1. The number of benzene rings is 2. The van der Waals surface area contributed by atoms with Crippen molar-refractivity contribution in [3.8, 4) is 5.75 Å². The number of rotatable bonds is 6. The van der Waals surface area contributed by atoms with Crippen LogP contribution in [0.3, 0.4) is 0 Å². The highest BCUT2D eigenvalue weighted by Crippen LogP contribution is 2.19. The van der Waals surface area contributed by atoms with Gasteiger partial charge in [0.1, 0.15) is 11.6 Å². The zero-order valence-electron chi connectivity index (χ0n) is 14.0. The van der Waals surface area contributed by atoms with Gasteiger partial charge in [0.05, 0.1) is 18.1 Å². The Labute approximate surface area is 141 Å². The number of carbonyl (C=O) groups excluding carboxylic acids is 1. The first-order chi connectivity index (χ1) is 11.7. The second-order valence-corrected chi connectivity index (χ2v) is 5.68. The van der Waals surface area contributed by atoms with Crippen LogP contribution in [0.15, 0.2) is 48.5 Å². The number of carbonyl (C=O) groups is 1. The summed E-state index contributed by atoms with van der Waals surface area (Å²) in [7, 11) is 1.67. The van der Waals surface area contributed by atoms with Crippen LogP contribution >= 0.6 is 0 Å². The Bertz CT molecular complexity index is 837. The van der Waals surface area contributed by atoms with Crippen LogP contribution in [0.5, 0.6) is 5.75 Å². The predicted molar refractivity (Wildman–Crippen MR) is 94.2 cm³/mol. The fourth-order valence-electron chi connectivity index (χ4n) is 2.76. The van der Waals surface area contributed by atoms with E-state index in [0.29, 0.717) is 13.0 Å². The number of fused-ring (bicyclic) bond motifs is 1. The minimum atomic E-state index is -0.0205. The zero-order chi connectivity index (χ0) is 16.9. The third-order valence-electron chi connectivity index (χ3n) is 3.96. The van der Waals surface area contributed by atoms with Crippen LogP contribution in [0.1, 0.15) is 18.3 Å². The lowest BCUT2D eigenvalue weighted by molar-refractivity contribution is -0.118. The zero-order valence-corrected chi connectivity index (χ0v) is 14.0. The third kappa shape index (κ3) is 3.56. The van der Waals surface area contributed by atoms with Gasteiger partial charge in [-0.05, 0) is 29.8 Å². The Kier molecular flexibility index (Phi) is 4.79. The van der Waals surface area contributed by atoms with E-state index in [2.05, 4.69) is 28.1 Å². The number of hydrogen-bond acceptors (Lipinski definition) is 3. The number of methoxy groups -OCH3 is 1. The number of para-hydroxylation sites is 2. The fraction of sp³-hybridized carbons (Fsp3) is 0.263. The van der Waals surface area contributed by atoms with Gasteiger partial charge in [-0.15, -0.1) is 0 Å². The molecule has 0 aliphatic heterocycles. The molecule has 0 saturated heterocycles. The van der Waals surface area contributed by atoms with Crippen molar-refractivity contribution in [1.29, 1.82) is 0 Å². The van der Waals surface area contributed by atoms with Gasteiger partial charge in [-0.25, -0.2) is 4.98 Å². The standard InChI is InChI=1S/C19H21N3O2/c1-14(23)20-12-11-19-21-17-5-3-4-6-18(17)22(19)13-15-7-9-16(24-2)10-8-15/h3-10H,11-13H2,1-2H3,(H,20,23). The van der Waals surface area contributed by atoms with Crippen molar-refractivity contribution >= 4 is 16.9 Å². The molecule has 24 heavy (non-hydrogen) atoms. The molecule has 3 aromatic rings. The lowest BCUT2D eigenvalue weighted by Gasteiger charge is -2.10. The Morgan fingerprint density at radius 2 is 1.92 bits per heavy atom. The smallest absolute Gasteiger partial charge is 0.216 e. The van der Waals surface area contributed by atoms with Gasteiger partial charge >= 0.3 is 0 Å². The molecule has 1 aromatic heterocycles. The molecular weight excluding hydrogens is 302 g/mol. The summed E-state index contributed by atoms with van der Waals surface area (Å²) in [5.41, 5.74) is 3.26. The van der Waals surface area contributed by atoms with Crippen LogP contribution in [0, 0.1) is 0 Å². The summed E-state index contributed by atoms with van der Waals surface area (Å²) < 4.78 is 7.42. The second kappa shape index (κ2) is 7.17. The molecule has 2 aromatic carbocycles. The van der Waals surface area contributed by atoms with Gasteiger partial charge in [-0.2, -0.15) is 0 Å². The average Bonchev–Trinajstić information content (AvgIpc) is 2.93. The molecule has 3 rings (SSSR count). The number of nitrogens with zero attached hydrogens (tertiary/aromatic N) is 2. The average molecular weight is 323 g/mol. The number of aromatic nitrogens is 2. The Morgan fingerprint density at radius 1 is 1.17 bits per heavy atom. The van der Waals surface area contributed by atoms with Crippen molar-refractivity contribution in [2.45, 2.75) is 19.9 Å². The van der Waals surface area contributed by atoms with Gasteiger partial charge in [-0.1, -0.05) is 24.3 Å². The molecule has 0 radical (unpaired) electrons. The molecule has 0 aliphatic rings. The largest absolute Gasteiger partial charge is 0.497 e. The van der Waals surface area contributed by atoms with Crippen LogP contribution in [-0.2, 0) is 17.8 Å². The lowest BCUT2D eigenvalue weighted by atomic mass is 10.2. The molecule has 124 valence electrons. The molecule has 0 unspecified atom stereocenters. The summed E-state index contributed by atoms with van der Waals surface area (Å²) in [6, 6.07) is 16.2. The maximum atomic E-state index is 11.1. The van der Waals surface area contributed by atoms with Gasteiger partial charge < -0.3 is 14.6 Å². The summed E-state index contributed by atoms with van der Waals surface area (Å²) in [6.07, 6.45) is 0.699. The van der Waals surface area contributed by atoms with Gasteiger partial charge in [-0.3, -0.25) is 4.79 Å². The van der Waals surface area contributed by atoms with Crippen LogP contribution in [0.4, 0.5) is 0 Å². The Hall–Kier alpha value is -2.82. The van der Waals surface area contributed by atoms with E-state index in [9.17, 15) is 4.79 Å². The van der Waals surface area contributed by atoms with E-state index in [4.69, 9.17) is 9.72 Å². The summed E-state index contributed by atoms with van der Waals surface area (Å²) in [5.74, 6) is 1.80. The number of hydrogen-bond donors (Lipinski definition) is 1. The SMILES string of the molecule is COc1ccc(Cn2c(CCNC(C)=O)nc3ccccc32)cc1. The first-order valence-electron chi connectivity index (χ1n) is 7.99. The van der Waals surface area contributed by atoms with Gasteiger partial charge in [0.15, 0.2) is 0 Å². The lowest BCUT2D eigenvalue weighted by Crippen LogP contribution is -2.23. The molecule has 1 amide bonds. The summed E-state index contributed by atoms with van der Waals surface area (Å²) in [5, 5.41) is 2.84. The quantitative estimate of drug-likeness (QED) is 0.759. The van der Waals surface area contributed by atoms with Gasteiger partial charge in [0.25, 0.3) is 0 Å². The normalized spacial score (nSPS) is 10.8. The van der Waals surface area contributed by atoms with Gasteiger partial charge in [0, 0.05) is 26.4 Å². The monoisotopic (exact) mass is 323 g/mol. The molecule has 1 N–H and O–H groups in total. The molecule has 0 bridgehead atoms. The number of ether oxygens (including phenoxy) is 1. The van der Waals surface area contributed by atoms with Crippen molar-refractivity contribution in [3.05, 3.63) is 59.9 Å². The minimum Gasteiger partial charge on any atom is -0.497 e. The van der Waals surface area contributed by atoms with Crippen LogP contribution in [0.25, 0.3) is 11.0 Å². The van der Waals surface area contributed by atoms with Gasteiger partial charge in [0.2, 0.25) is 5.91 Å². The number of amides is 1. The number of imidazole rings is 1. The molecule has 0 fully saturated rings. The molecule has 0 atom stereocenters. The van der Waals surface area contributed by atoms with Crippen molar-refractivity contribution in [1.82, 2.24) is 14.9 Å². The third-order valence-corrected chi connectivity index (χ3v) is 3.96. The topological polar surface area (TPSA) is 56.1 Å². The molecular formula is C19H21N3O2. The molecule has 0 spiro atoms. The van der Waals surface area contributed by atoms with E-state index in [1.165, 1.54) is 12.5 Å².